The molecule has 1 atom stereocenters. The first-order valence-corrected chi connectivity index (χ1v) is 6.51. The summed E-state index contributed by atoms with van der Waals surface area (Å²) in [6.07, 6.45) is 2.04. The van der Waals surface area contributed by atoms with Gasteiger partial charge in [0.05, 0.1) is 0 Å². The monoisotopic (exact) mass is 261 g/mol. The van der Waals surface area contributed by atoms with Crippen LogP contribution < -0.4 is 0 Å². The lowest BCUT2D eigenvalue weighted by Gasteiger charge is -2.23. The minimum atomic E-state index is -0.814. The lowest BCUT2D eigenvalue weighted by atomic mass is 10.0. The van der Waals surface area contributed by atoms with E-state index in [1.165, 1.54) is 0 Å². The Morgan fingerprint density at radius 1 is 1.16 bits per heavy atom. The Morgan fingerprint density at radius 3 is 2.58 bits per heavy atom. The average Bonchev–Trinajstić information content (AvgIpc) is 2.46. The van der Waals surface area contributed by atoms with E-state index in [9.17, 15) is 5.11 Å². The topological polar surface area (TPSA) is 51.6 Å². The van der Waals surface area contributed by atoms with Gasteiger partial charge in [-0.2, -0.15) is 0 Å². The fourth-order valence-corrected chi connectivity index (χ4v) is 2.11. The zero-order chi connectivity index (χ0) is 13.7. The lowest BCUT2D eigenvalue weighted by Crippen LogP contribution is -2.25. The van der Waals surface area contributed by atoms with E-state index in [-0.39, 0.29) is 0 Å². The van der Waals surface area contributed by atoms with Gasteiger partial charge in [0.2, 0.25) is 0 Å². The van der Waals surface area contributed by atoms with Crippen LogP contribution in [0, 0.1) is 0 Å². The average molecular weight is 261 g/mol. The van der Waals surface area contributed by atoms with Crippen LogP contribution in [-0.4, -0.2) is 29.6 Å². The number of ether oxygens (including phenoxy) is 2. The van der Waals surface area contributed by atoms with Crippen LogP contribution in [-0.2, 0) is 9.47 Å². The maximum absolute atomic E-state index is 10.5. The first kappa shape index (κ1) is 13.9. The van der Waals surface area contributed by atoms with E-state index in [0.29, 0.717) is 13.2 Å². The summed E-state index contributed by atoms with van der Waals surface area (Å²) in [4.78, 5) is 4.09. The van der Waals surface area contributed by atoms with E-state index in [2.05, 4.69) is 4.98 Å². The van der Waals surface area contributed by atoms with Gasteiger partial charge >= 0.3 is 0 Å². The standard InChI is InChI=1S/C15H19NO3/c1-3-18-15(19-4-2)14(17)13-7-5-6-11-10-16-9-8-12(11)13/h5-10,14-15,17H,3-4H2,1-2H3. The van der Waals surface area contributed by atoms with Crippen molar-refractivity contribution < 1.29 is 14.6 Å². The summed E-state index contributed by atoms with van der Waals surface area (Å²) in [7, 11) is 0. The normalized spacial score (nSPS) is 13.1. The fraction of sp³-hybridized carbons (Fsp3) is 0.400. The molecule has 0 fully saturated rings. The van der Waals surface area contributed by atoms with Gasteiger partial charge in [0, 0.05) is 31.0 Å². The second kappa shape index (κ2) is 6.61. The minimum absolute atomic E-state index is 0.494. The number of pyridine rings is 1. The molecule has 4 heteroatoms. The maximum atomic E-state index is 10.5. The molecule has 1 aromatic heterocycles. The molecule has 0 aliphatic heterocycles. The van der Waals surface area contributed by atoms with E-state index >= 15 is 0 Å². The molecule has 19 heavy (non-hydrogen) atoms. The summed E-state index contributed by atoms with van der Waals surface area (Å²) >= 11 is 0. The molecule has 0 spiro atoms. The molecule has 1 unspecified atom stereocenters. The van der Waals surface area contributed by atoms with E-state index < -0.39 is 12.4 Å². The van der Waals surface area contributed by atoms with Crippen molar-refractivity contribution in [1.82, 2.24) is 4.98 Å². The largest absolute Gasteiger partial charge is 0.383 e. The van der Waals surface area contributed by atoms with Gasteiger partial charge < -0.3 is 14.6 Å². The van der Waals surface area contributed by atoms with Crippen LogP contribution in [0.2, 0.25) is 0 Å². The first-order chi connectivity index (χ1) is 9.27. The van der Waals surface area contributed by atoms with Crippen molar-refractivity contribution >= 4 is 10.8 Å². The predicted octanol–water partition coefficient (Wildman–Crippen LogP) is 2.67. The van der Waals surface area contributed by atoms with Crippen LogP contribution >= 0.6 is 0 Å². The summed E-state index contributed by atoms with van der Waals surface area (Å²) in [5.41, 5.74) is 0.798. The van der Waals surface area contributed by atoms with Gasteiger partial charge in [0.1, 0.15) is 6.10 Å². The lowest BCUT2D eigenvalue weighted by molar-refractivity contribution is -0.191. The third kappa shape index (κ3) is 3.10. The molecule has 0 amide bonds. The molecule has 4 nitrogen and oxygen atoms in total. The number of aromatic nitrogens is 1. The molecular weight excluding hydrogens is 242 g/mol. The molecular formula is C15H19NO3. The number of hydrogen-bond acceptors (Lipinski definition) is 4. The van der Waals surface area contributed by atoms with Gasteiger partial charge in [-0.15, -0.1) is 0 Å². The number of aliphatic hydroxyl groups is 1. The molecule has 0 bridgehead atoms. The molecule has 1 heterocycles. The van der Waals surface area contributed by atoms with Crippen molar-refractivity contribution in [2.75, 3.05) is 13.2 Å². The highest BCUT2D eigenvalue weighted by molar-refractivity contribution is 5.85. The zero-order valence-corrected chi connectivity index (χ0v) is 11.2. The van der Waals surface area contributed by atoms with Gasteiger partial charge in [-0.3, -0.25) is 4.98 Å². The number of aliphatic hydroxyl groups excluding tert-OH is 1. The second-order valence-corrected chi connectivity index (χ2v) is 4.17. The van der Waals surface area contributed by atoms with Crippen molar-refractivity contribution in [1.29, 1.82) is 0 Å². The summed E-state index contributed by atoms with van der Waals surface area (Å²) in [6.45, 7) is 4.75. The van der Waals surface area contributed by atoms with Gasteiger partial charge in [-0.1, -0.05) is 18.2 Å². The molecule has 0 saturated carbocycles. The molecule has 0 radical (unpaired) electrons. The third-order valence-electron chi connectivity index (χ3n) is 2.95. The van der Waals surface area contributed by atoms with Crippen molar-refractivity contribution in [2.45, 2.75) is 26.2 Å². The quantitative estimate of drug-likeness (QED) is 0.812. The molecule has 0 saturated heterocycles. The zero-order valence-electron chi connectivity index (χ0n) is 11.2. The Bertz CT molecular complexity index is 518. The van der Waals surface area contributed by atoms with Crippen LogP contribution in [0.25, 0.3) is 10.8 Å². The summed E-state index contributed by atoms with van der Waals surface area (Å²) < 4.78 is 10.9. The van der Waals surface area contributed by atoms with Gasteiger partial charge in [0.15, 0.2) is 6.29 Å². The number of hydrogen-bond donors (Lipinski definition) is 1. The summed E-state index contributed by atoms with van der Waals surface area (Å²) in [6, 6.07) is 7.65. The van der Waals surface area contributed by atoms with E-state index in [1.807, 2.05) is 38.1 Å². The Morgan fingerprint density at radius 2 is 1.89 bits per heavy atom. The first-order valence-electron chi connectivity index (χ1n) is 6.51. The number of benzene rings is 1. The fourth-order valence-electron chi connectivity index (χ4n) is 2.11. The number of fused-ring (bicyclic) bond motifs is 1. The predicted molar refractivity (Wildman–Crippen MR) is 73.7 cm³/mol. The van der Waals surface area contributed by atoms with Crippen LogP contribution in [0.4, 0.5) is 0 Å². The van der Waals surface area contributed by atoms with Crippen molar-refractivity contribution in [3.05, 3.63) is 42.2 Å². The van der Waals surface area contributed by atoms with Crippen LogP contribution in [0.3, 0.4) is 0 Å². The van der Waals surface area contributed by atoms with Crippen molar-refractivity contribution in [2.24, 2.45) is 0 Å². The Kier molecular flexibility index (Phi) is 4.85. The van der Waals surface area contributed by atoms with Gasteiger partial charge in [-0.25, -0.2) is 0 Å². The SMILES string of the molecule is CCOC(OCC)C(O)c1cccc2cnccc12. The molecule has 2 aromatic rings. The van der Waals surface area contributed by atoms with Crippen molar-refractivity contribution in [3.63, 3.8) is 0 Å². The van der Waals surface area contributed by atoms with Crippen LogP contribution in [0.5, 0.6) is 0 Å². The highest BCUT2D eigenvalue weighted by Gasteiger charge is 2.23. The Hall–Kier alpha value is -1.49. The Labute approximate surface area is 113 Å². The molecule has 1 aromatic carbocycles. The molecule has 2 rings (SSSR count). The second-order valence-electron chi connectivity index (χ2n) is 4.17. The van der Waals surface area contributed by atoms with E-state index in [4.69, 9.17) is 9.47 Å². The highest BCUT2D eigenvalue weighted by atomic mass is 16.7. The maximum Gasteiger partial charge on any atom is 0.187 e. The van der Waals surface area contributed by atoms with Gasteiger partial charge in [0.25, 0.3) is 0 Å². The Balaban J connectivity index is 2.36. The number of rotatable bonds is 6. The molecule has 0 aliphatic rings. The van der Waals surface area contributed by atoms with Crippen molar-refractivity contribution in [3.8, 4) is 0 Å². The minimum Gasteiger partial charge on any atom is -0.383 e. The molecule has 102 valence electrons. The summed E-state index contributed by atoms with van der Waals surface area (Å²) in [5.74, 6) is 0. The van der Waals surface area contributed by atoms with Gasteiger partial charge in [-0.05, 0) is 30.9 Å². The van der Waals surface area contributed by atoms with Crippen LogP contribution in [0.15, 0.2) is 36.7 Å². The summed E-state index contributed by atoms with van der Waals surface area (Å²) in [5, 5.41) is 12.4. The molecule has 1 N–H and O–H groups in total. The molecule has 0 aliphatic carbocycles. The smallest absolute Gasteiger partial charge is 0.187 e. The highest BCUT2D eigenvalue weighted by Crippen LogP contribution is 2.27. The van der Waals surface area contributed by atoms with Crippen LogP contribution in [0.1, 0.15) is 25.5 Å². The third-order valence-corrected chi connectivity index (χ3v) is 2.95. The number of nitrogens with zero attached hydrogens (tertiary/aromatic N) is 1. The van der Waals surface area contributed by atoms with E-state index in [0.717, 1.165) is 16.3 Å². The van der Waals surface area contributed by atoms with E-state index in [1.54, 1.807) is 12.4 Å².